The van der Waals surface area contributed by atoms with Crippen molar-refractivity contribution in [1.82, 2.24) is 24.6 Å². The fourth-order valence-electron chi connectivity index (χ4n) is 2.35. The number of rotatable bonds is 5. The molecule has 112 valence electrons. The Balaban J connectivity index is 1.57. The van der Waals surface area contributed by atoms with Gasteiger partial charge >= 0.3 is 0 Å². The molecule has 1 fully saturated rings. The van der Waals surface area contributed by atoms with Gasteiger partial charge in [0.15, 0.2) is 5.82 Å². The molecule has 2 aromatic rings. The number of carbonyl (C=O) groups excluding carboxylic acids is 1. The van der Waals surface area contributed by atoms with Crippen LogP contribution in [0.25, 0.3) is 0 Å². The fraction of sp³-hybridized carbons (Fsp3) is 0.533. The SMILES string of the molecule is Cc1ccc(CNC(=O)Cc2nc(C3CC3)nn2C)n1C. The van der Waals surface area contributed by atoms with Crippen LogP contribution in [-0.2, 0) is 31.9 Å². The van der Waals surface area contributed by atoms with Crippen LogP contribution in [0.5, 0.6) is 0 Å². The van der Waals surface area contributed by atoms with E-state index in [-0.39, 0.29) is 12.3 Å². The molecule has 0 spiro atoms. The summed E-state index contributed by atoms with van der Waals surface area (Å²) >= 11 is 0. The molecular formula is C15H21N5O. The van der Waals surface area contributed by atoms with Crippen molar-refractivity contribution in [2.45, 2.75) is 38.6 Å². The van der Waals surface area contributed by atoms with Crippen LogP contribution in [0.1, 0.15) is 41.8 Å². The van der Waals surface area contributed by atoms with Gasteiger partial charge in [-0.25, -0.2) is 4.98 Å². The fourth-order valence-corrected chi connectivity index (χ4v) is 2.35. The molecule has 0 bridgehead atoms. The average molecular weight is 287 g/mol. The van der Waals surface area contributed by atoms with Gasteiger partial charge in [0.25, 0.3) is 0 Å². The predicted molar refractivity (Wildman–Crippen MR) is 78.7 cm³/mol. The van der Waals surface area contributed by atoms with E-state index in [2.05, 4.69) is 20.0 Å². The van der Waals surface area contributed by atoms with E-state index in [1.54, 1.807) is 4.68 Å². The highest BCUT2D eigenvalue weighted by molar-refractivity contribution is 5.77. The second-order valence-electron chi connectivity index (χ2n) is 5.76. The van der Waals surface area contributed by atoms with Gasteiger partial charge in [-0.2, -0.15) is 5.10 Å². The molecule has 2 aromatic heterocycles. The van der Waals surface area contributed by atoms with Gasteiger partial charge in [0, 0.05) is 31.4 Å². The second kappa shape index (κ2) is 5.35. The van der Waals surface area contributed by atoms with Crippen LogP contribution < -0.4 is 5.32 Å². The number of nitrogens with one attached hydrogen (secondary N) is 1. The van der Waals surface area contributed by atoms with Crippen LogP contribution in [0.3, 0.4) is 0 Å². The quantitative estimate of drug-likeness (QED) is 0.898. The van der Waals surface area contributed by atoms with Gasteiger partial charge in [0.1, 0.15) is 5.82 Å². The highest BCUT2D eigenvalue weighted by Gasteiger charge is 2.28. The number of aryl methyl sites for hydroxylation is 2. The van der Waals surface area contributed by atoms with E-state index in [9.17, 15) is 4.79 Å². The lowest BCUT2D eigenvalue weighted by Crippen LogP contribution is -2.26. The van der Waals surface area contributed by atoms with Crippen molar-refractivity contribution in [3.8, 4) is 0 Å². The molecule has 1 N–H and O–H groups in total. The van der Waals surface area contributed by atoms with Gasteiger partial charge in [-0.15, -0.1) is 0 Å². The van der Waals surface area contributed by atoms with E-state index in [1.165, 1.54) is 18.5 Å². The Hall–Kier alpha value is -2.11. The molecule has 0 unspecified atom stereocenters. The van der Waals surface area contributed by atoms with Gasteiger partial charge in [-0.05, 0) is 31.9 Å². The number of hydrogen-bond donors (Lipinski definition) is 1. The summed E-state index contributed by atoms with van der Waals surface area (Å²) in [7, 11) is 3.85. The molecule has 3 rings (SSSR count). The summed E-state index contributed by atoms with van der Waals surface area (Å²) in [5.74, 6) is 2.11. The molecule has 0 saturated heterocycles. The summed E-state index contributed by atoms with van der Waals surface area (Å²) in [6.07, 6.45) is 2.62. The first-order valence-corrected chi connectivity index (χ1v) is 7.32. The first-order valence-electron chi connectivity index (χ1n) is 7.32. The van der Waals surface area contributed by atoms with Crippen LogP contribution in [0, 0.1) is 6.92 Å². The maximum absolute atomic E-state index is 12.0. The summed E-state index contributed by atoms with van der Waals surface area (Å²) in [4.78, 5) is 16.5. The molecule has 2 heterocycles. The van der Waals surface area contributed by atoms with Gasteiger partial charge < -0.3 is 9.88 Å². The van der Waals surface area contributed by atoms with Crippen LogP contribution in [-0.4, -0.2) is 25.2 Å². The van der Waals surface area contributed by atoms with Crippen molar-refractivity contribution in [2.24, 2.45) is 14.1 Å². The molecule has 6 heteroatoms. The maximum Gasteiger partial charge on any atom is 0.227 e. The van der Waals surface area contributed by atoms with E-state index >= 15 is 0 Å². The normalized spacial score (nSPS) is 14.4. The summed E-state index contributed by atoms with van der Waals surface area (Å²) in [5.41, 5.74) is 2.28. The van der Waals surface area contributed by atoms with E-state index in [0.717, 1.165) is 17.3 Å². The molecule has 1 saturated carbocycles. The van der Waals surface area contributed by atoms with Gasteiger partial charge in [-0.1, -0.05) is 0 Å². The predicted octanol–water partition coefficient (Wildman–Crippen LogP) is 1.20. The molecule has 0 aliphatic heterocycles. The number of aromatic nitrogens is 4. The largest absolute Gasteiger partial charge is 0.350 e. The van der Waals surface area contributed by atoms with Crippen LogP contribution in [0.15, 0.2) is 12.1 Å². The minimum Gasteiger partial charge on any atom is -0.350 e. The minimum atomic E-state index is -0.0216. The van der Waals surface area contributed by atoms with E-state index in [1.807, 2.05) is 33.2 Å². The first kappa shape index (κ1) is 13.9. The monoisotopic (exact) mass is 287 g/mol. The van der Waals surface area contributed by atoms with Gasteiger partial charge in [0.2, 0.25) is 5.91 Å². The number of amides is 1. The summed E-state index contributed by atoms with van der Waals surface area (Å²) in [6, 6.07) is 4.08. The summed E-state index contributed by atoms with van der Waals surface area (Å²) in [5, 5.41) is 7.32. The van der Waals surface area contributed by atoms with E-state index < -0.39 is 0 Å². The zero-order valence-electron chi connectivity index (χ0n) is 12.8. The van der Waals surface area contributed by atoms with Crippen molar-refractivity contribution >= 4 is 5.91 Å². The number of nitrogens with zero attached hydrogens (tertiary/aromatic N) is 4. The third-order valence-corrected chi connectivity index (χ3v) is 4.07. The van der Waals surface area contributed by atoms with E-state index in [4.69, 9.17) is 0 Å². The average Bonchev–Trinajstić information content (AvgIpc) is 3.17. The Labute approximate surface area is 124 Å². The lowest BCUT2D eigenvalue weighted by Gasteiger charge is -2.07. The van der Waals surface area contributed by atoms with Crippen molar-refractivity contribution in [1.29, 1.82) is 0 Å². The molecule has 0 aromatic carbocycles. The molecule has 0 atom stereocenters. The topological polar surface area (TPSA) is 64.7 Å². The Morgan fingerprint density at radius 2 is 2.14 bits per heavy atom. The van der Waals surface area contributed by atoms with Crippen molar-refractivity contribution in [2.75, 3.05) is 0 Å². The lowest BCUT2D eigenvalue weighted by molar-refractivity contribution is -0.120. The number of carbonyl (C=O) groups is 1. The third kappa shape index (κ3) is 2.99. The van der Waals surface area contributed by atoms with Gasteiger partial charge in [0.05, 0.1) is 13.0 Å². The maximum atomic E-state index is 12.0. The lowest BCUT2D eigenvalue weighted by atomic mass is 10.3. The van der Waals surface area contributed by atoms with E-state index in [0.29, 0.717) is 12.5 Å². The summed E-state index contributed by atoms with van der Waals surface area (Å²) < 4.78 is 3.80. The molecule has 6 nitrogen and oxygen atoms in total. The highest BCUT2D eigenvalue weighted by atomic mass is 16.1. The molecule has 21 heavy (non-hydrogen) atoms. The van der Waals surface area contributed by atoms with Crippen molar-refractivity contribution in [3.05, 3.63) is 35.2 Å². The third-order valence-electron chi connectivity index (χ3n) is 4.07. The number of hydrogen-bond acceptors (Lipinski definition) is 3. The van der Waals surface area contributed by atoms with Gasteiger partial charge in [-0.3, -0.25) is 9.48 Å². The second-order valence-corrected chi connectivity index (χ2v) is 5.76. The summed E-state index contributed by atoms with van der Waals surface area (Å²) in [6.45, 7) is 2.58. The first-order chi connectivity index (χ1) is 10.0. The molecule has 1 amide bonds. The highest BCUT2D eigenvalue weighted by Crippen LogP contribution is 2.37. The molecule has 1 aliphatic carbocycles. The Bertz CT molecular complexity index is 666. The zero-order valence-corrected chi connectivity index (χ0v) is 12.8. The molecular weight excluding hydrogens is 266 g/mol. The molecule has 0 radical (unpaired) electrons. The zero-order chi connectivity index (χ0) is 15.0. The minimum absolute atomic E-state index is 0.0216. The van der Waals surface area contributed by atoms with Crippen LogP contribution in [0.2, 0.25) is 0 Å². The molecule has 1 aliphatic rings. The Kier molecular flexibility index (Phi) is 3.53. The van der Waals surface area contributed by atoms with Crippen LogP contribution >= 0.6 is 0 Å². The smallest absolute Gasteiger partial charge is 0.227 e. The van der Waals surface area contributed by atoms with Crippen molar-refractivity contribution in [3.63, 3.8) is 0 Å². The van der Waals surface area contributed by atoms with Crippen LogP contribution in [0.4, 0.5) is 0 Å². The Morgan fingerprint density at radius 1 is 1.38 bits per heavy atom. The Morgan fingerprint density at radius 3 is 2.76 bits per heavy atom. The van der Waals surface area contributed by atoms with Crippen molar-refractivity contribution < 1.29 is 4.79 Å². The standard InChI is InChI=1S/C15H21N5O/c1-10-4-7-12(19(10)2)9-16-14(21)8-13-17-15(11-5-6-11)18-20(13)3/h4,7,11H,5-6,8-9H2,1-3H3,(H,16,21).